The van der Waals surface area contributed by atoms with Crippen LogP contribution in [-0.4, -0.2) is 18.5 Å². The van der Waals surface area contributed by atoms with Gasteiger partial charge in [0.15, 0.2) is 0 Å². The second-order valence-electron chi connectivity index (χ2n) is 5.49. The molecule has 3 nitrogen and oxygen atoms in total. The average Bonchev–Trinajstić information content (AvgIpc) is 2.29. The lowest BCUT2D eigenvalue weighted by Gasteiger charge is -2.21. The Morgan fingerprint density at radius 3 is 2.41 bits per heavy atom. The molecule has 0 saturated heterocycles. The molecular formula is C14H28N2O. The Hall–Kier alpha value is -0.570. The van der Waals surface area contributed by atoms with Crippen LogP contribution in [-0.2, 0) is 4.79 Å². The Morgan fingerprint density at radius 1 is 1.24 bits per heavy atom. The highest BCUT2D eigenvalue weighted by atomic mass is 16.1. The van der Waals surface area contributed by atoms with Crippen molar-refractivity contribution in [2.24, 2.45) is 11.7 Å². The molecule has 1 saturated carbocycles. The third-order valence-electron chi connectivity index (χ3n) is 3.74. The third kappa shape index (κ3) is 6.67. The number of hydrogen-bond donors (Lipinski definition) is 2. The van der Waals surface area contributed by atoms with Crippen molar-refractivity contribution in [2.75, 3.05) is 6.54 Å². The molecule has 0 spiro atoms. The van der Waals surface area contributed by atoms with E-state index in [0.29, 0.717) is 24.9 Å². The van der Waals surface area contributed by atoms with Gasteiger partial charge in [0.1, 0.15) is 0 Å². The summed E-state index contributed by atoms with van der Waals surface area (Å²) in [5, 5.41) is 3.19. The molecular weight excluding hydrogens is 212 g/mol. The predicted molar refractivity (Wildman–Crippen MR) is 71.7 cm³/mol. The fourth-order valence-electron chi connectivity index (χ4n) is 2.40. The first-order valence-electron chi connectivity index (χ1n) is 7.21. The van der Waals surface area contributed by atoms with Gasteiger partial charge in [-0.1, -0.05) is 39.0 Å². The first-order chi connectivity index (χ1) is 8.22. The number of carbonyl (C=O) groups excluding carboxylic acids is 1. The van der Waals surface area contributed by atoms with E-state index >= 15 is 0 Å². The van der Waals surface area contributed by atoms with Gasteiger partial charge in [-0.25, -0.2) is 0 Å². The van der Waals surface area contributed by atoms with Gasteiger partial charge in [0.05, 0.1) is 0 Å². The van der Waals surface area contributed by atoms with Crippen LogP contribution in [0, 0.1) is 5.92 Å². The van der Waals surface area contributed by atoms with Gasteiger partial charge >= 0.3 is 0 Å². The molecule has 0 aromatic carbocycles. The lowest BCUT2D eigenvalue weighted by Crippen LogP contribution is -2.35. The Morgan fingerprint density at radius 2 is 1.82 bits per heavy atom. The van der Waals surface area contributed by atoms with E-state index in [4.69, 9.17) is 5.73 Å². The van der Waals surface area contributed by atoms with E-state index in [1.165, 1.54) is 32.1 Å². The number of carbonyl (C=O) groups is 1. The van der Waals surface area contributed by atoms with Crippen molar-refractivity contribution < 1.29 is 4.79 Å². The highest BCUT2D eigenvalue weighted by Crippen LogP contribution is 2.17. The molecule has 0 heterocycles. The van der Waals surface area contributed by atoms with Crippen molar-refractivity contribution in [1.29, 1.82) is 0 Å². The lowest BCUT2D eigenvalue weighted by molar-refractivity contribution is -0.122. The van der Waals surface area contributed by atoms with Crippen LogP contribution < -0.4 is 11.1 Å². The summed E-state index contributed by atoms with van der Waals surface area (Å²) in [6.45, 7) is 2.78. The Labute approximate surface area is 106 Å². The standard InChI is InChI=1S/C14H28N2O/c1-12(11-15)9-10-14(17)16-13-7-5-3-2-4-6-8-13/h12-13H,2-11,15H2,1H3,(H,16,17). The quantitative estimate of drug-likeness (QED) is 0.776. The zero-order valence-electron chi connectivity index (χ0n) is 11.2. The highest BCUT2D eigenvalue weighted by molar-refractivity contribution is 5.76. The van der Waals surface area contributed by atoms with Crippen molar-refractivity contribution >= 4 is 5.91 Å². The van der Waals surface area contributed by atoms with E-state index in [0.717, 1.165) is 19.3 Å². The highest BCUT2D eigenvalue weighted by Gasteiger charge is 2.14. The smallest absolute Gasteiger partial charge is 0.220 e. The number of nitrogens with one attached hydrogen (secondary N) is 1. The molecule has 3 N–H and O–H groups in total. The molecule has 1 unspecified atom stereocenters. The van der Waals surface area contributed by atoms with Crippen molar-refractivity contribution in [1.82, 2.24) is 5.32 Å². The second kappa shape index (κ2) is 8.51. The summed E-state index contributed by atoms with van der Waals surface area (Å²) in [6.07, 6.45) is 10.4. The third-order valence-corrected chi connectivity index (χ3v) is 3.74. The van der Waals surface area contributed by atoms with E-state index < -0.39 is 0 Å². The Bertz CT molecular complexity index is 210. The van der Waals surface area contributed by atoms with Crippen LogP contribution in [0.5, 0.6) is 0 Å². The number of hydrogen-bond acceptors (Lipinski definition) is 2. The second-order valence-corrected chi connectivity index (χ2v) is 5.49. The van der Waals surface area contributed by atoms with Crippen molar-refractivity contribution in [2.45, 2.75) is 70.8 Å². The van der Waals surface area contributed by atoms with Gasteiger partial charge in [-0.05, 0) is 31.7 Å². The molecule has 100 valence electrons. The summed E-state index contributed by atoms with van der Waals surface area (Å²) in [7, 11) is 0. The fourth-order valence-corrected chi connectivity index (χ4v) is 2.40. The molecule has 0 aromatic heterocycles. The molecule has 1 amide bonds. The SMILES string of the molecule is CC(CN)CCC(=O)NC1CCCCCCC1. The van der Waals surface area contributed by atoms with Crippen LogP contribution in [0.4, 0.5) is 0 Å². The molecule has 1 aliphatic rings. The minimum absolute atomic E-state index is 0.218. The minimum Gasteiger partial charge on any atom is -0.353 e. The van der Waals surface area contributed by atoms with E-state index in [1.54, 1.807) is 0 Å². The summed E-state index contributed by atoms with van der Waals surface area (Å²) in [6, 6.07) is 0.427. The first kappa shape index (κ1) is 14.5. The van der Waals surface area contributed by atoms with E-state index in [1.807, 2.05) is 0 Å². The summed E-state index contributed by atoms with van der Waals surface area (Å²) >= 11 is 0. The zero-order valence-corrected chi connectivity index (χ0v) is 11.2. The Balaban J connectivity index is 2.19. The van der Waals surface area contributed by atoms with Gasteiger partial charge in [0.25, 0.3) is 0 Å². The maximum absolute atomic E-state index is 11.8. The maximum atomic E-state index is 11.8. The van der Waals surface area contributed by atoms with Gasteiger partial charge in [-0.3, -0.25) is 4.79 Å². The number of nitrogens with two attached hydrogens (primary N) is 1. The van der Waals surface area contributed by atoms with Crippen LogP contribution in [0.25, 0.3) is 0 Å². The first-order valence-corrected chi connectivity index (χ1v) is 7.21. The van der Waals surface area contributed by atoms with Gasteiger partial charge in [0.2, 0.25) is 5.91 Å². The lowest BCUT2D eigenvalue weighted by atomic mass is 9.96. The van der Waals surface area contributed by atoms with Crippen molar-refractivity contribution in [3.8, 4) is 0 Å². The summed E-state index contributed by atoms with van der Waals surface area (Å²) in [5.74, 6) is 0.675. The molecule has 0 aliphatic heterocycles. The summed E-state index contributed by atoms with van der Waals surface area (Å²) in [4.78, 5) is 11.8. The van der Waals surface area contributed by atoms with E-state index in [9.17, 15) is 4.79 Å². The van der Waals surface area contributed by atoms with Crippen molar-refractivity contribution in [3.05, 3.63) is 0 Å². The van der Waals surface area contributed by atoms with E-state index in [-0.39, 0.29) is 5.91 Å². The molecule has 0 bridgehead atoms. The topological polar surface area (TPSA) is 55.1 Å². The van der Waals surface area contributed by atoms with Crippen molar-refractivity contribution in [3.63, 3.8) is 0 Å². The van der Waals surface area contributed by atoms with Crippen LogP contribution in [0.15, 0.2) is 0 Å². The molecule has 1 fully saturated rings. The largest absolute Gasteiger partial charge is 0.353 e. The van der Waals surface area contributed by atoms with E-state index in [2.05, 4.69) is 12.2 Å². The minimum atomic E-state index is 0.218. The van der Waals surface area contributed by atoms with Crippen LogP contribution >= 0.6 is 0 Å². The normalized spacial score (nSPS) is 20.4. The molecule has 1 atom stereocenters. The van der Waals surface area contributed by atoms with Crippen LogP contribution in [0.2, 0.25) is 0 Å². The van der Waals surface area contributed by atoms with Gasteiger partial charge in [0, 0.05) is 12.5 Å². The van der Waals surface area contributed by atoms with Gasteiger partial charge in [-0.2, -0.15) is 0 Å². The monoisotopic (exact) mass is 240 g/mol. The molecule has 1 aliphatic carbocycles. The molecule has 17 heavy (non-hydrogen) atoms. The summed E-state index contributed by atoms with van der Waals surface area (Å²) < 4.78 is 0. The number of amides is 1. The zero-order chi connectivity index (χ0) is 12.5. The maximum Gasteiger partial charge on any atom is 0.220 e. The average molecular weight is 240 g/mol. The fraction of sp³-hybridized carbons (Fsp3) is 0.929. The van der Waals surface area contributed by atoms with Crippen LogP contribution in [0.1, 0.15) is 64.7 Å². The summed E-state index contributed by atoms with van der Waals surface area (Å²) in [5.41, 5.74) is 5.55. The molecule has 3 heteroatoms. The molecule has 1 rings (SSSR count). The Kier molecular flexibility index (Phi) is 7.25. The molecule has 0 radical (unpaired) electrons. The van der Waals surface area contributed by atoms with Crippen LogP contribution in [0.3, 0.4) is 0 Å². The predicted octanol–water partition coefficient (Wildman–Crippen LogP) is 2.59. The van der Waals surface area contributed by atoms with Gasteiger partial charge in [-0.15, -0.1) is 0 Å². The number of rotatable bonds is 5. The molecule has 0 aromatic rings. The van der Waals surface area contributed by atoms with Gasteiger partial charge < -0.3 is 11.1 Å².